The molecule has 0 spiro atoms. The Morgan fingerprint density at radius 2 is 1.95 bits per heavy atom. The molecule has 0 aromatic heterocycles. The summed E-state index contributed by atoms with van der Waals surface area (Å²) in [6, 6.07) is 0.544. The van der Waals surface area contributed by atoms with Gasteiger partial charge in [0.15, 0.2) is 0 Å². The number of carbonyl (C=O) groups excluding carboxylic acids is 1. The first kappa shape index (κ1) is 16.0. The molecular formula is C12H13BrF3NO2. The van der Waals surface area contributed by atoms with Gasteiger partial charge in [-0.15, -0.1) is 0 Å². The Morgan fingerprint density at radius 1 is 1.37 bits per heavy atom. The summed E-state index contributed by atoms with van der Waals surface area (Å²) in [6.07, 6.45) is 0.532. The zero-order chi connectivity index (χ0) is 14.4. The van der Waals surface area contributed by atoms with Crippen molar-refractivity contribution in [3.05, 3.63) is 35.1 Å². The van der Waals surface area contributed by atoms with Crippen LogP contribution >= 0.6 is 15.9 Å². The molecule has 1 aromatic carbocycles. The summed E-state index contributed by atoms with van der Waals surface area (Å²) in [6.45, 7) is 0.210. The lowest BCUT2D eigenvalue weighted by Crippen LogP contribution is -2.39. The second-order valence-corrected chi connectivity index (χ2v) is 4.64. The number of hydrogen-bond donors (Lipinski definition) is 1. The van der Waals surface area contributed by atoms with Gasteiger partial charge < -0.3 is 10.1 Å². The fourth-order valence-corrected chi connectivity index (χ4v) is 2.10. The number of carbonyl (C=O) groups is 1. The molecule has 0 saturated carbocycles. The molecule has 3 nitrogen and oxygen atoms in total. The number of amides is 1. The number of methoxy groups -OCH3 is 1. The van der Waals surface area contributed by atoms with E-state index in [1.807, 2.05) is 0 Å². The van der Waals surface area contributed by atoms with Gasteiger partial charge in [-0.05, 0) is 6.42 Å². The zero-order valence-electron chi connectivity index (χ0n) is 10.2. The van der Waals surface area contributed by atoms with Crippen molar-refractivity contribution >= 4 is 21.8 Å². The largest absolute Gasteiger partial charge is 0.383 e. The van der Waals surface area contributed by atoms with E-state index in [-0.39, 0.29) is 12.6 Å². The Kier molecular flexibility index (Phi) is 6.30. The van der Waals surface area contributed by atoms with Gasteiger partial charge in [0, 0.05) is 24.6 Å². The van der Waals surface area contributed by atoms with Crippen LogP contribution in [0.15, 0.2) is 12.1 Å². The van der Waals surface area contributed by atoms with Crippen LogP contribution in [-0.4, -0.2) is 31.0 Å². The SMILES string of the molecule is COCC(CCBr)NC(=O)c1c(F)cc(F)cc1F. The maximum Gasteiger partial charge on any atom is 0.257 e. The van der Waals surface area contributed by atoms with Crippen LogP contribution in [0, 0.1) is 17.5 Å². The molecular weight excluding hydrogens is 327 g/mol. The van der Waals surface area contributed by atoms with E-state index >= 15 is 0 Å². The summed E-state index contributed by atoms with van der Waals surface area (Å²) in [7, 11) is 1.45. The third-order valence-corrected chi connectivity index (χ3v) is 2.85. The first-order valence-corrected chi connectivity index (χ1v) is 6.62. The van der Waals surface area contributed by atoms with Crippen LogP contribution in [0.4, 0.5) is 13.2 Å². The first-order valence-electron chi connectivity index (χ1n) is 5.50. The fourth-order valence-electron chi connectivity index (χ4n) is 1.55. The molecule has 0 aliphatic rings. The number of rotatable bonds is 6. The van der Waals surface area contributed by atoms with E-state index in [9.17, 15) is 18.0 Å². The lowest BCUT2D eigenvalue weighted by Gasteiger charge is -2.17. The van der Waals surface area contributed by atoms with Crippen LogP contribution in [0.1, 0.15) is 16.8 Å². The van der Waals surface area contributed by atoms with Crippen LogP contribution in [0.5, 0.6) is 0 Å². The molecule has 1 aromatic rings. The molecule has 0 fully saturated rings. The van der Waals surface area contributed by atoms with E-state index < -0.39 is 28.9 Å². The van der Waals surface area contributed by atoms with Gasteiger partial charge in [0.25, 0.3) is 5.91 Å². The van der Waals surface area contributed by atoms with Crippen molar-refractivity contribution in [1.29, 1.82) is 0 Å². The quantitative estimate of drug-likeness (QED) is 0.809. The molecule has 1 amide bonds. The predicted molar refractivity (Wildman–Crippen MR) is 67.9 cm³/mol. The van der Waals surface area contributed by atoms with Gasteiger partial charge in [-0.3, -0.25) is 4.79 Å². The topological polar surface area (TPSA) is 38.3 Å². The minimum atomic E-state index is -1.23. The van der Waals surface area contributed by atoms with Gasteiger partial charge in [-0.1, -0.05) is 15.9 Å². The highest BCUT2D eigenvalue weighted by molar-refractivity contribution is 9.09. The highest BCUT2D eigenvalue weighted by Gasteiger charge is 2.21. The van der Waals surface area contributed by atoms with Crippen molar-refractivity contribution < 1.29 is 22.7 Å². The second kappa shape index (κ2) is 7.49. The minimum Gasteiger partial charge on any atom is -0.383 e. The van der Waals surface area contributed by atoms with Crippen molar-refractivity contribution in [3.8, 4) is 0 Å². The summed E-state index contributed by atoms with van der Waals surface area (Å²) in [5.74, 6) is -4.46. The maximum atomic E-state index is 13.4. The molecule has 0 heterocycles. The van der Waals surface area contributed by atoms with Crippen molar-refractivity contribution in [3.63, 3.8) is 0 Å². The molecule has 0 aliphatic heterocycles. The number of hydrogen-bond acceptors (Lipinski definition) is 2. The summed E-state index contributed by atoms with van der Waals surface area (Å²) in [5, 5.41) is 3.03. The average Bonchev–Trinajstić information content (AvgIpc) is 2.27. The molecule has 1 atom stereocenters. The smallest absolute Gasteiger partial charge is 0.257 e. The number of alkyl halides is 1. The Balaban J connectivity index is 2.88. The van der Waals surface area contributed by atoms with Gasteiger partial charge in [0.05, 0.1) is 12.6 Å². The van der Waals surface area contributed by atoms with Crippen LogP contribution in [-0.2, 0) is 4.74 Å². The summed E-state index contributed by atoms with van der Waals surface area (Å²) in [5.41, 5.74) is -0.794. The Bertz CT molecular complexity index is 428. The lowest BCUT2D eigenvalue weighted by atomic mass is 10.1. The molecule has 0 aliphatic carbocycles. The van der Waals surface area contributed by atoms with Crippen molar-refractivity contribution in [2.75, 3.05) is 19.0 Å². The summed E-state index contributed by atoms with van der Waals surface area (Å²) in [4.78, 5) is 11.8. The lowest BCUT2D eigenvalue weighted by molar-refractivity contribution is 0.0887. The number of ether oxygens (including phenoxy) is 1. The van der Waals surface area contributed by atoms with Crippen LogP contribution < -0.4 is 5.32 Å². The molecule has 0 bridgehead atoms. The monoisotopic (exact) mass is 339 g/mol. The maximum absolute atomic E-state index is 13.4. The molecule has 1 rings (SSSR count). The molecule has 106 valence electrons. The van der Waals surface area contributed by atoms with Crippen LogP contribution in [0.2, 0.25) is 0 Å². The van der Waals surface area contributed by atoms with Gasteiger partial charge in [0.1, 0.15) is 23.0 Å². The number of benzene rings is 1. The Hall–Kier alpha value is -1.08. The van der Waals surface area contributed by atoms with E-state index in [1.54, 1.807) is 0 Å². The zero-order valence-corrected chi connectivity index (χ0v) is 11.8. The van der Waals surface area contributed by atoms with E-state index in [0.717, 1.165) is 0 Å². The van der Waals surface area contributed by atoms with Gasteiger partial charge in [0.2, 0.25) is 0 Å². The molecule has 7 heteroatoms. The third-order valence-electron chi connectivity index (χ3n) is 2.39. The van der Waals surface area contributed by atoms with Gasteiger partial charge in [-0.2, -0.15) is 0 Å². The fraction of sp³-hybridized carbons (Fsp3) is 0.417. The molecule has 19 heavy (non-hydrogen) atoms. The van der Waals surface area contributed by atoms with Crippen molar-refractivity contribution in [1.82, 2.24) is 5.32 Å². The van der Waals surface area contributed by atoms with E-state index in [4.69, 9.17) is 4.74 Å². The van der Waals surface area contributed by atoms with E-state index in [2.05, 4.69) is 21.2 Å². The Morgan fingerprint density at radius 3 is 2.42 bits per heavy atom. The number of halogens is 4. The van der Waals surface area contributed by atoms with E-state index in [1.165, 1.54) is 7.11 Å². The highest BCUT2D eigenvalue weighted by atomic mass is 79.9. The average molecular weight is 340 g/mol. The third kappa shape index (κ3) is 4.50. The normalized spacial score (nSPS) is 12.3. The Labute approximate surface area is 117 Å². The highest BCUT2D eigenvalue weighted by Crippen LogP contribution is 2.15. The van der Waals surface area contributed by atoms with Crippen LogP contribution in [0.25, 0.3) is 0 Å². The van der Waals surface area contributed by atoms with Gasteiger partial charge >= 0.3 is 0 Å². The molecule has 1 N–H and O–H groups in total. The van der Waals surface area contributed by atoms with Crippen LogP contribution in [0.3, 0.4) is 0 Å². The van der Waals surface area contributed by atoms with Crippen molar-refractivity contribution in [2.24, 2.45) is 0 Å². The van der Waals surface area contributed by atoms with E-state index in [0.29, 0.717) is 23.9 Å². The molecule has 1 unspecified atom stereocenters. The standard InChI is InChI=1S/C12H13BrF3NO2/c1-19-6-8(2-3-13)17-12(18)11-9(15)4-7(14)5-10(11)16/h4-5,8H,2-3,6H2,1H3,(H,17,18). The second-order valence-electron chi connectivity index (χ2n) is 3.85. The summed E-state index contributed by atoms with van der Waals surface area (Å²) >= 11 is 3.20. The minimum absolute atomic E-state index is 0.210. The molecule has 0 saturated heterocycles. The number of nitrogens with one attached hydrogen (secondary N) is 1. The molecule has 0 radical (unpaired) electrons. The summed E-state index contributed by atoms with van der Waals surface area (Å²) < 4.78 is 44.4. The van der Waals surface area contributed by atoms with Crippen molar-refractivity contribution in [2.45, 2.75) is 12.5 Å². The van der Waals surface area contributed by atoms with Gasteiger partial charge in [-0.25, -0.2) is 13.2 Å². The predicted octanol–water partition coefficient (Wildman–Crippen LogP) is 2.63. The first-order chi connectivity index (χ1) is 8.99.